The fourth-order valence-electron chi connectivity index (χ4n) is 3.66. The number of hydrogen-bond acceptors (Lipinski definition) is 7. The number of benzene rings is 1. The first kappa shape index (κ1) is 19.0. The van der Waals surface area contributed by atoms with E-state index < -0.39 is 22.8 Å². The van der Waals surface area contributed by atoms with Crippen LogP contribution < -0.4 is 4.90 Å². The van der Waals surface area contributed by atoms with E-state index in [1.807, 2.05) is 4.90 Å². The van der Waals surface area contributed by atoms with E-state index in [0.717, 1.165) is 11.3 Å². The van der Waals surface area contributed by atoms with Crippen LogP contribution in [-0.2, 0) is 19.1 Å². The second-order valence-corrected chi connectivity index (χ2v) is 6.65. The number of carbonyl (C=O) groups excluding carboxylic acids is 3. The molecule has 9 nitrogen and oxygen atoms in total. The summed E-state index contributed by atoms with van der Waals surface area (Å²) >= 11 is 0. The number of nitro groups is 1. The number of likely N-dealkylation sites (tertiary alicyclic amines) is 1. The Balaban J connectivity index is 1.77. The number of hydrogen-bond donors (Lipinski definition) is 0. The van der Waals surface area contributed by atoms with Crippen molar-refractivity contribution < 1.29 is 24.0 Å². The maximum Gasteiger partial charge on any atom is 0.310 e. The smallest absolute Gasteiger partial charge is 0.310 e. The first-order valence-corrected chi connectivity index (χ1v) is 8.94. The van der Waals surface area contributed by atoms with E-state index in [0.29, 0.717) is 26.1 Å². The second kappa shape index (κ2) is 7.83. The van der Waals surface area contributed by atoms with Crippen molar-refractivity contribution in [3.8, 4) is 0 Å². The minimum absolute atomic E-state index is 0.00291. The van der Waals surface area contributed by atoms with Gasteiger partial charge >= 0.3 is 5.97 Å². The van der Waals surface area contributed by atoms with Crippen molar-refractivity contribution in [3.63, 3.8) is 0 Å². The first-order chi connectivity index (χ1) is 12.9. The molecule has 3 rings (SSSR count). The van der Waals surface area contributed by atoms with Crippen molar-refractivity contribution in [1.29, 1.82) is 0 Å². The molecule has 2 fully saturated rings. The molecule has 0 radical (unpaired) electrons. The van der Waals surface area contributed by atoms with Gasteiger partial charge in [-0.25, -0.2) is 4.90 Å². The summed E-state index contributed by atoms with van der Waals surface area (Å²) in [5.74, 6) is -1.41. The zero-order valence-electron chi connectivity index (χ0n) is 15.0. The van der Waals surface area contributed by atoms with E-state index in [4.69, 9.17) is 4.74 Å². The van der Waals surface area contributed by atoms with E-state index in [1.54, 1.807) is 6.92 Å². The summed E-state index contributed by atoms with van der Waals surface area (Å²) in [6.07, 6.45) is 1.42. The van der Waals surface area contributed by atoms with Crippen LogP contribution in [0.15, 0.2) is 24.3 Å². The molecule has 1 aromatic carbocycles. The van der Waals surface area contributed by atoms with E-state index in [-0.39, 0.29) is 29.7 Å². The molecule has 2 aliphatic rings. The van der Waals surface area contributed by atoms with Gasteiger partial charge in [-0.05, 0) is 32.4 Å². The normalized spacial score (nSPS) is 23.5. The molecule has 9 heteroatoms. The molecule has 2 amide bonds. The van der Waals surface area contributed by atoms with Crippen LogP contribution in [0.3, 0.4) is 0 Å². The molecule has 1 aromatic rings. The van der Waals surface area contributed by atoms with Crippen molar-refractivity contribution in [2.24, 2.45) is 5.92 Å². The molecule has 0 aliphatic carbocycles. The van der Waals surface area contributed by atoms with Gasteiger partial charge in [0.1, 0.15) is 0 Å². The Kier molecular flexibility index (Phi) is 5.50. The average molecular weight is 375 g/mol. The SMILES string of the molecule is CCOC(=O)[C@@H]1CCCN([C@H]2CC(=O)N(c3cccc([N+](=O)[O-])c3)C2=O)C1. The molecule has 0 bridgehead atoms. The summed E-state index contributed by atoms with van der Waals surface area (Å²) in [6.45, 7) is 3.03. The van der Waals surface area contributed by atoms with Gasteiger partial charge in [0.05, 0.1) is 35.6 Å². The number of amides is 2. The molecular formula is C18H21N3O6. The molecule has 0 aromatic heterocycles. The van der Waals surface area contributed by atoms with Crippen molar-refractivity contribution in [3.05, 3.63) is 34.4 Å². The molecule has 0 saturated carbocycles. The van der Waals surface area contributed by atoms with Gasteiger partial charge in [-0.1, -0.05) is 6.07 Å². The minimum atomic E-state index is -0.658. The van der Waals surface area contributed by atoms with Crippen molar-refractivity contribution in [2.45, 2.75) is 32.2 Å². The highest BCUT2D eigenvalue weighted by molar-refractivity contribution is 6.22. The topological polar surface area (TPSA) is 110 Å². The van der Waals surface area contributed by atoms with Crippen molar-refractivity contribution in [2.75, 3.05) is 24.6 Å². The molecule has 27 heavy (non-hydrogen) atoms. The van der Waals surface area contributed by atoms with Crippen LogP contribution in [0.5, 0.6) is 0 Å². The molecule has 0 spiro atoms. The second-order valence-electron chi connectivity index (χ2n) is 6.65. The quantitative estimate of drug-likeness (QED) is 0.332. The maximum atomic E-state index is 12.9. The molecule has 2 aliphatic heterocycles. The molecule has 2 saturated heterocycles. The number of anilines is 1. The van der Waals surface area contributed by atoms with Gasteiger partial charge in [0, 0.05) is 18.7 Å². The Hall–Kier alpha value is -2.81. The summed E-state index contributed by atoms with van der Waals surface area (Å²) < 4.78 is 5.07. The molecule has 2 atom stereocenters. The standard InChI is InChI=1S/C18H21N3O6/c1-2-27-18(24)12-5-4-8-19(11-12)15-10-16(22)20(17(15)23)13-6-3-7-14(9-13)21(25)26/h3,6-7,9,12,15H,2,4-5,8,10-11H2,1H3/t12-,15+/m1/s1. The first-order valence-electron chi connectivity index (χ1n) is 8.94. The number of ether oxygens (including phenoxy) is 1. The number of esters is 1. The van der Waals surface area contributed by atoms with E-state index in [2.05, 4.69) is 0 Å². The lowest BCUT2D eigenvalue weighted by atomic mass is 9.96. The number of carbonyl (C=O) groups is 3. The minimum Gasteiger partial charge on any atom is -0.466 e. The third kappa shape index (κ3) is 3.82. The Labute approximate surface area is 156 Å². The van der Waals surface area contributed by atoms with Crippen LogP contribution in [0.2, 0.25) is 0 Å². The van der Waals surface area contributed by atoms with Gasteiger partial charge in [-0.2, -0.15) is 0 Å². The summed E-state index contributed by atoms with van der Waals surface area (Å²) in [7, 11) is 0. The highest BCUT2D eigenvalue weighted by atomic mass is 16.6. The monoisotopic (exact) mass is 375 g/mol. The Morgan fingerprint density at radius 2 is 2.15 bits per heavy atom. The van der Waals surface area contributed by atoms with Crippen LogP contribution in [0.1, 0.15) is 26.2 Å². The number of imide groups is 1. The highest BCUT2D eigenvalue weighted by Crippen LogP contribution is 2.30. The van der Waals surface area contributed by atoms with Crippen LogP contribution in [-0.4, -0.2) is 53.3 Å². The maximum absolute atomic E-state index is 12.9. The van der Waals surface area contributed by atoms with Crippen LogP contribution >= 0.6 is 0 Å². The van der Waals surface area contributed by atoms with E-state index in [9.17, 15) is 24.5 Å². The predicted molar refractivity (Wildman–Crippen MR) is 94.9 cm³/mol. The number of nitro benzene ring substituents is 1. The number of nitrogens with zero attached hydrogens (tertiary/aromatic N) is 3. The number of rotatable bonds is 5. The zero-order chi connectivity index (χ0) is 19.6. The molecular weight excluding hydrogens is 354 g/mol. The Morgan fingerprint density at radius 1 is 1.37 bits per heavy atom. The number of piperidine rings is 1. The Bertz CT molecular complexity index is 780. The van der Waals surface area contributed by atoms with E-state index >= 15 is 0 Å². The molecule has 144 valence electrons. The lowest BCUT2D eigenvalue weighted by Gasteiger charge is -2.34. The third-order valence-corrected chi connectivity index (χ3v) is 4.94. The van der Waals surface area contributed by atoms with Gasteiger partial charge in [0.2, 0.25) is 5.91 Å². The fourth-order valence-corrected chi connectivity index (χ4v) is 3.66. The summed E-state index contributed by atoms with van der Waals surface area (Å²) in [6, 6.07) is 4.81. The largest absolute Gasteiger partial charge is 0.466 e. The lowest BCUT2D eigenvalue weighted by Crippen LogP contribution is -2.48. The molecule has 0 unspecified atom stereocenters. The van der Waals surface area contributed by atoms with Crippen LogP contribution in [0.4, 0.5) is 11.4 Å². The van der Waals surface area contributed by atoms with Crippen molar-refractivity contribution >= 4 is 29.2 Å². The van der Waals surface area contributed by atoms with Gasteiger partial charge in [0.15, 0.2) is 0 Å². The van der Waals surface area contributed by atoms with Gasteiger partial charge in [0.25, 0.3) is 11.6 Å². The van der Waals surface area contributed by atoms with Gasteiger partial charge < -0.3 is 4.74 Å². The fraction of sp³-hybridized carbons (Fsp3) is 0.500. The predicted octanol–water partition coefficient (Wildman–Crippen LogP) is 1.50. The van der Waals surface area contributed by atoms with Crippen LogP contribution in [0.25, 0.3) is 0 Å². The third-order valence-electron chi connectivity index (χ3n) is 4.94. The van der Waals surface area contributed by atoms with Gasteiger partial charge in [-0.3, -0.25) is 29.4 Å². The van der Waals surface area contributed by atoms with Crippen LogP contribution in [0, 0.1) is 16.0 Å². The molecule has 0 N–H and O–H groups in total. The Morgan fingerprint density at radius 3 is 2.85 bits per heavy atom. The van der Waals surface area contributed by atoms with Crippen molar-refractivity contribution in [1.82, 2.24) is 4.90 Å². The summed E-state index contributed by atoms with van der Waals surface area (Å²) in [5.41, 5.74) is 0.0116. The lowest BCUT2D eigenvalue weighted by molar-refractivity contribution is -0.384. The highest BCUT2D eigenvalue weighted by Gasteiger charge is 2.44. The van der Waals surface area contributed by atoms with Gasteiger partial charge in [-0.15, -0.1) is 0 Å². The summed E-state index contributed by atoms with van der Waals surface area (Å²) in [4.78, 5) is 50.6. The zero-order valence-corrected chi connectivity index (χ0v) is 15.0. The average Bonchev–Trinajstić information content (AvgIpc) is 2.96. The summed E-state index contributed by atoms with van der Waals surface area (Å²) in [5, 5.41) is 11.0. The molecule has 2 heterocycles. The van der Waals surface area contributed by atoms with E-state index in [1.165, 1.54) is 24.3 Å². The number of non-ortho nitro benzene ring substituents is 1.